The van der Waals surface area contributed by atoms with E-state index in [0.717, 1.165) is 42.5 Å². The summed E-state index contributed by atoms with van der Waals surface area (Å²) < 4.78 is 30.9. The normalized spacial score (nSPS) is 19.0. The minimum Gasteiger partial charge on any atom is -0.370 e. The van der Waals surface area contributed by atoms with Crippen LogP contribution in [-0.2, 0) is 10.0 Å². The lowest BCUT2D eigenvalue weighted by Crippen LogP contribution is -2.45. The number of nitrogens with two attached hydrogens (primary N) is 1. The van der Waals surface area contributed by atoms with Gasteiger partial charge in [-0.25, -0.2) is 10.0 Å². The van der Waals surface area contributed by atoms with E-state index in [0.29, 0.717) is 16.6 Å². The van der Waals surface area contributed by atoms with Crippen molar-refractivity contribution < 1.29 is 8.42 Å². The van der Waals surface area contributed by atoms with Gasteiger partial charge in [0.25, 0.3) is 10.0 Å². The number of aliphatic imine (C=N–C) groups is 1. The first kappa shape index (κ1) is 28.1. The van der Waals surface area contributed by atoms with Crippen LogP contribution < -0.4 is 11.1 Å². The molecule has 0 radical (unpaired) electrons. The fourth-order valence-electron chi connectivity index (χ4n) is 4.92. The van der Waals surface area contributed by atoms with Gasteiger partial charge in [0.1, 0.15) is 0 Å². The van der Waals surface area contributed by atoms with Gasteiger partial charge < -0.3 is 5.73 Å². The van der Waals surface area contributed by atoms with Gasteiger partial charge in [-0.05, 0) is 60.4 Å². The lowest BCUT2D eigenvalue weighted by molar-refractivity contribution is 0.441. The van der Waals surface area contributed by atoms with Gasteiger partial charge in [-0.2, -0.15) is 13.5 Å². The SMILES string of the molecule is NC(=NC1CCCCC1)N/C(=N/S(=O)(=O)c1ccc(Cl)cc1)N1CC(c2ccccc2)C(c2ccc(Cl)cc2)=N1. The number of rotatable bonds is 5. The van der Waals surface area contributed by atoms with E-state index >= 15 is 0 Å². The number of benzene rings is 3. The highest BCUT2D eigenvalue weighted by Gasteiger charge is 2.33. The quantitative estimate of drug-likeness (QED) is 0.286. The number of nitrogens with one attached hydrogen (secondary N) is 1. The summed E-state index contributed by atoms with van der Waals surface area (Å²) in [5, 5.41) is 10.4. The molecule has 0 saturated heterocycles. The van der Waals surface area contributed by atoms with Crippen molar-refractivity contribution in [2.24, 2.45) is 20.2 Å². The van der Waals surface area contributed by atoms with Crippen molar-refractivity contribution in [2.45, 2.75) is 49.0 Å². The largest absolute Gasteiger partial charge is 0.370 e. The Morgan fingerprint density at radius 3 is 2.17 bits per heavy atom. The maximum Gasteiger partial charge on any atom is 0.285 e. The van der Waals surface area contributed by atoms with Crippen LogP contribution >= 0.6 is 23.2 Å². The van der Waals surface area contributed by atoms with Crippen molar-refractivity contribution in [3.63, 3.8) is 0 Å². The van der Waals surface area contributed by atoms with Crippen molar-refractivity contribution in [3.05, 3.63) is 100 Å². The van der Waals surface area contributed by atoms with Crippen molar-refractivity contribution in [2.75, 3.05) is 6.54 Å². The first-order valence-electron chi connectivity index (χ1n) is 13.2. The molecule has 0 aromatic heterocycles. The third kappa shape index (κ3) is 6.83. The average Bonchev–Trinajstić information content (AvgIpc) is 3.40. The van der Waals surface area contributed by atoms with E-state index in [1.807, 2.05) is 42.5 Å². The Kier molecular flexibility index (Phi) is 8.73. The highest BCUT2D eigenvalue weighted by Crippen LogP contribution is 2.30. The fourth-order valence-corrected chi connectivity index (χ4v) is 6.13. The summed E-state index contributed by atoms with van der Waals surface area (Å²) in [6.45, 7) is 0.334. The summed E-state index contributed by atoms with van der Waals surface area (Å²) in [7, 11) is -4.13. The molecule has 1 aliphatic heterocycles. The molecule has 1 heterocycles. The van der Waals surface area contributed by atoms with E-state index in [2.05, 4.69) is 14.7 Å². The van der Waals surface area contributed by atoms with E-state index in [-0.39, 0.29) is 28.8 Å². The molecule has 3 aromatic carbocycles. The van der Waals surface area contributed by atoms with Gasteiger partial charge in [0.15, 0.2) is 5.96 Å². The number of hydrazone groups is 1. The lowest BCUT2D eigenvalue weighted by Gasteiger charge is -2.21. The molecule has 8 nitrogen and oxygen atoms in total. The summed E-state index contributed by atoms with van der Waals surface area (Å²) in [5.41, 5.74) is 8.96. The Morgan fingerprint density at radius 2 is 1.52 bits per heavy atom. The van der Waals surface area contributed by atoms with E-state index in [1.54, 1.807) is 17.1 Å². The molecule has 5 rings (SSSR count). The second-order valence-electron chi connectivity index (χ2n) is 9.81. The highest BCUT2D eigenvalue weighted by molar-refractivity contribution is 7.90. The minimum atomic E-state index is -4.13. The highest BCUT2D eigenvalue weighted by atomic mass is 35.5. The van der Waals surface area contributed by atoms with Crippen LogP contribution in [0.1, 0.15) is 49.1 Å². The summed E-state index contributed by atoms with van der Waals surface area (Å²) in [6, 6.07) is 23.2. The van der Waals surface area contributed by atoms with Gasteiger partial charge in [0, 0.05) is 16.0 Å². The number of hydrogen-bond acceptors (Lipinski definition) is 4. The Balaban J connectivity index is 1.55. The van der Waals surface area contributed by atoms with Gasteiger partial charge in [0.05, 0.1) is 23.2 Å². The predicted molar refractivity (Wildman–Crippen MR) is 162 cm³/mol. The zero-order valence-electron chi connectivity index (χ0n) is 21.7. The molecule has 11 heteroatoms. The van der Waals surface area contributed by atoms with Gasteiger partial charge in [0.2, 0.25) is 5.96 Å². The lowest BCUT2D eigenvalue weighted by atomic mass is 9.91. The van der Waals surface area contributed by atoms with E-state index in [9.17, 15) is 8.42 Å². The summed E-state index contributed by atoms with van der Waals surface area (Å²) in [6.07, 6.45) is 5.25. The van der Waals surface area contributed by atoms with E-state index < -0.39 is 10.0 Å². The number of guanidine groups is 2. The Hall–Kier alpha value is -3.40. The maximum atomic E-state index is 13.4. The van der Waals surface area contributed by atoms with Crippen LogP contribution in [0.4, 0.5) is 0 Å². The number of halogens is 2. The maximum absolute atomic E-state index is 13.4. The van der Waals surface area contributed by atoms with E-state index in [4.69, 9.17) is 34.0 Å². The Morgan fingerprint density at radius 1 is 0.900 bits per heavy atom. The summed E-state index contributed by atoms with van der Waals surface area (Å²) >= 11 is 12.1. The molecular formula is C29H30Cl2N6O2S. The second-order valence-corrected chi connectivity index (χ2v) is 12.3. The van der Waals surface area contributed by atoms with Gasteiger partial charge in [-0.3, -0.25) is 5.32 Å². The molecule has 40 heavy (non-hydrogen) atoms. The number of hydrogen-bond donors (Lipinski definition) is 2. The number of nitrogens with zero attached hydrogens (tertiary/aromatic N) is 4. The molecule has 1 unspecified atom stereocenters. The Labute approximate surface area is 244 Å². The molecule has 208 valence electrons. The van der Waals surface area contributed by atoms with Crippen LogP contribution in [0.25, 0.3) is 0 Å². The third-order valence-corrected chi connectivity index (χ3v) is 8.74. The van der Waals surface area contributed by atoms with Crippen molar-refractivity contribution in [1.29, 1.82) is 0 Å². The monoisotopic (exact) mass is 596 g/mol. The Bertz CT molecular complexity index is 1520. The fraction of sp³-hybridized carbons (Fsp3) is 0.276. The molecule has 3 N–H and O–H groups in total. The van der Waals surface area contributed by atoms with Crippen LogP contribution in [0.3, 0.4) is 0 Å². The van der Waals surface area contributed by atoms with Gasteiger partial charge in [-0.15, -0.1) is 4.40 Å². The van der Waals surface area contributed by atoms with Crippen LogP contribution in [-0.4, -0.2) is 43.6 Å². The zero-order chi connectivity index (χ0) is 28.1. The third-order valence-electron chi connectivity index (χ3n) is 6.95. The van der Waals surface area contributed by atoms with Crippen LogP contribution in [0.15, 0.2) is 98.2 Å². The average molecular weight is 598 g/mol. The standard InChI is InChI=1S/C29H30Cl2N6O2S/c30-22-13-11-21(12-14-22)27-26(20-7-3-1-4-8-20)19-37(35-27)29(34-28(32)33-24-9-5-2-6-10-24)36-40(38,39)25-17-15-23(31)16-18-25/h1,3-4,7-8,11-18,24,26H,2,5-6,9-10,19H2,(H3,32,33,34,36). The van der Waals surface area contributed by atoms with Gasteiger partial charge in [-0.1, -0.05) is 84.9 Å². The topological polar surface area (TPSA) is 113 Å². The minimum absolute atomic E-state index is 0.000277. The van der Waals surface area contributed by atoms with Crippen LogP contribution in [0, 0.1) is 0 Å². The molecule has 3 aromatic rings. The molecule has 0 amide bonds. The first-order valence-corrected chi connectivity index (χ1v) is 15.4. The molecule has 0 bridgehead atoms. The molecule has 1 aliphatic carbocycles. The molecule has 1 fully saturated rings. The van der Waals surface area contributed by atoms with E-state index in [1.165, 1.54) is 30.7 Å². The predicted octanol–water partition coefficient (Wildman–Crippen LogP) is 5.78. The molecule has 1 atom stereocenters. The van der Waals surface area contributed by atoms with Crippen molar-refractivity contribution in [1.82, 2.24) is 10.3 Å². The molecular weight excluding hydrogens is 567 g/mol. The first-order chi connectivity index (χ1) is 19.3. The molecule has 0 spiro atoms. The number of sulfonamides is 1. The van der Waals surface area contributed by atoms with Crippen molar-refractivity contribution in [3.8, 4) is 0 Å². The van der Waals surface area contributed by atoms with Crippen molar-refractivity contribution >= 4 is 50.9 Å². The second kappa shape index (κ2) is 12.4. The smallest absolute Gasteiger partial charge is 0.285 e. The molecule has 2 aliphatic rings. The molecule has 1 saturated carbocycles. The summed E-state index contributed by atoms with van der Waals surface area (Å²) in [4.78, 5) is 4.63. The van der Waals surface area contributed by atoms with Gasteiger partial charge >= 0.3 is 0 Å². The van der Waals surface area contributed by atoms with Crippen LogP contribution in [0.5, 0.6) is 0 Å². The van der Waals surface area contributed by atoms with Crippen LogP contribution in [0.2, 0.25) is 10.0 Å². The summed E-state index contributed by atoms with van der Waals surface area (Å²) in [5.74, 6) is -0.0932. The zero-order valence-corrected chi connectivity index (χ0v) is 24.1.